The third kappa shape index (κ3) is 5.52. The fraction of sp³-hybridized carbons (Fsp3) is 0.867. The van der Waals surface area contributed by atoms with Crippen LogP contribution in [0, 0.1) is 11.8 Å². The Hall–Kier alpha value is -0.660. The molecule has 4 N–H and O–H groups in total. The Morgan fingerprint density at radius 3 is 2.55 bits per heavy atom. The maximum atomic E-state index is 5.54. The predicted octanol–water partition coefficient (Wildman–Crippen LogP) is 1.83. The van der Waals surface area contributed by atoms with Crippen LogP contribution in [0.25, 0.3) is 0 Å². The molecular formula is C15H28N4OS2. The second-order valence-electron chi connectivity index (χ2n) is 6.44. The molecule has 1 saturated carbocycles. The van der Waals surface area contributed by atoms with Crippen LogP contribution in [-0.4, -0.2) is 35.5 Å². The van der Waals surface area contributed by atoms with Gasteiger partial charge in [0, 0.05) is 19.2 Å². The highest BCUT2D eigenvalue weighted by molar-refractivity contribution is 7.80. The summed E-state index contributed by atoms with van der Waals surface area (Å²) >= 11 is 10.6. The molecule has 0 unspecified atom stereocenters. The maximum absolute atomic E-state index is 5.54. The summed E-state index contributed by atoms with van der Waals surface area (Å²) in [4.78, 5) is 0. The quantitative estimate of drug-likeness (QED) is 0.460. The first-order valence-electron chi connectivity index (χ1n) is 8.28. The summed E-state index contributed by atoms with van der Waals surface area (Å²) in [7, 11) is 0. The van der Waals surface area contributed by atoms with Crippen LogP contribution in [0.4, 0.5) is 0 Å². The summed E-state index contributed by atoms with van der Waals surface area (Å²) in [6.45, 7) is 6.21. The van der Waals surface area contributed by atoms with Gasteiger partial charge in [-0.1, -0.05) is 26.7 Å². The lowest BCUT2D eigenvalue weighted by molar-refractivity contribution is 0.114. The van der Waals surface area contributed by atoms with E-state index in [1.807, 2.05) is 0 Å². The van der Waals surface area contributed by atoms with Crippen LogP contribution in [0.1, 0.15) is 46.0 Å². The summed E-state index contributed by atoms with van der Waals surface area (Å²) in [5.74, 6) is 1.38. The molecule has 0 aromatic heterocycles. The van der Waals surface area contributed by atoms with Crippen molar-refractivity contribution in [1.82, 2.24) is 21.5 Å². The van der Waals surface area contributed by atoms with Crippen molar-refractivity contribution in [3.8, 4) is 0 Å². The highest BCUT2D eigenvalue weighted by Gasteiger charge is 2.27. The molecule has 22 heavy (non-hydrogen) atoms. The molecule has 0 radical (unpaired) electrons. The van der Waals surface area contributed by atoms with Gasteiger partial charge in [-0.2, -0.15) is 0 Å². The molecule has 0 aromatic carbocycles. The molecule has 0 spiro atoms. The van der Waals surface area contributed by atoms with Crippen LogP contribution in [0.3, 0.4) is 0 Å². The van der Waals surface area contributed by atoms with Crippen molar-refractivity contribution >= 4 is 34.7 Å². The van der Waals surface area contributed by atoms with E-state index in [9.17, 15) is 0 Å². The van der Waals surface area contributed by atoms with E-state index in [0.717, 1.165) is 31.9 Å². The Morgan fingerprint density at radius 2 is 1.82 bits per heavy atom. The minimum absolute atomic E-state index is 0.273. The van der Waals surface area contributed by atoms with Crippen molar-refractivity contribution in [2.24, 2.45) is 11.8 Å². The van der Waals surface area contributed by atoms with Crippen LogP contribution in [0.15, 0.2) is 0 Å². The lowest BCUT2D eigenvalue weighted by atomic mass is 9.78. The van der Waals surface area contributed by atoms with E-state index in [2.05, 4.69) is 35.3 Å². The molecule has 0 bridgehead atoms. The Kier molecular flexibility index (Phi) is 7.11. The average molecular weight is 345 g/mol. The minimum atomic E-state index is 0.273. The molecule has 2 fully saturated rings. The monoisotopic (exact) mass is 344 g/mol. The second kappa shape index (κ2) is 8.84. The highest BCUT2D eigenvalue weighted by atomic mass is 32.1. The molecular weight excluding hydrogens is 316 g/mol. The predicted molar refractivity (Wildman–Crippen MR) is 97.5 cm³/mol. The molecule has 126 valence electrons. The zero-order chi connectivity index (χ0) is 15.9. The first kappa shape index (κ1) is 17.7. The molecule has 1 heterocycles. The molecule has 4 atom stereocenters. The van der Waals surface area contributed by atoms with Gasteiger partial charge >= 0.3 is 0 Å². The summed E-state index contributed by atoms with van der Waals surface area (Å²) in [6.07, 6.45) is 6.26. The van der Waals surface area contributed by atoms with Crippen molar-refractivity contribution in [2.45, 2.75) is 58.1 Å². The van der Waals surface area contributed by atoms with E-state index in [0.29, 0.717) is 22.2 Å². The van der Waals surface area contributed by atoms with Gasteiger partial charge in [-0.05, 0) is 55.5 Å². The second-order valence-corrected chi connectivity index (χ2v) is 7.26. The molecule has 0 amide bonds. The largest absolute Gasteiger partial charge is 0.376 e. The van der Waals surface area contributed by atoms with Gasteiger partial charge in [0.2, 0.25) is 0 Å². The van der Waals surface area contributed by atoms with Crippen molar-refractivity contribution in [3.05, 3.63) is 0 Å². The van der Waals surface area contributed by atoms with E-state index in [1.165, 1.54) is 19.3 Å². The van der Waals surface area contributed by atoms with Crippen LogP contribution in [-0.2, 0) is 4.74 Å². The lowest BCUT2D eigenvalue weighted by Gasteiger charge is -2.35. The van der Waals surface area contributed by atoms with E-state index in [4.69, 9.17) is 29.2 Å². The minimum Gasteiger partial charge on any atom is -0.376 e. The van der Waals surface area contributed by atoms with Gasteiger partial charge in [0.05, 0.1) is 6.10 Å². The van der Waals surface area contributed by atoms with Gasteiger partial charge in [-0.25, -0.2) is 0 Å². The van der Waals surface area contributed by atoms with Gasteiger partial charge < -0.3 is 15.4 Å². The molecule has 0 aromatic rings. The molecule has 1 saturated heterocycles. The number of thiocarbonyl (C=S) groups is 2. The van der Waals surface area contributed by atoms with Crippen LogP contribution >= 0.6 is 24.4 Å². The summed E-state index contributed by atoms with van der Waals surface area (Å²) in [6, 6.07) is 0.443. The average Bonchev–Trinajstić information content (AvgIpc) is 3.01. The van der Waals surface area contributed by atoms with Gasteiger partial charge in [0.15, 0.2) is 10.2 Å². The molecule has 2 rings (SSSR count). The van der Waals surface area contributed by atoms with Gasteiger partial charge in [-0.15, -0.1) is 0 Å². The Balaban J connectivity index is 1.61. The molecule has 7 heteroatoms. The maximum Gasteiger partial charge on any atom is 0.185 e. The van der Waals surface area contributed by atoms with E-state index in [-0.39, 0.29) is 6.10 Å². The highest BCUT2D eigenvalue weighted by Crippen LogP contribution is 2.29. The third-order valence-electron chi connectivity index (χ3n) is 4.83. The fourth-order valence-electron chi connectivity index (χ4n) is 3.16. The fourth-order valence-corrected chi connectivity index (χ4v) is 3.50. The Bertz CT molecular complexity index is 388. The number of nitrogens with one attached hydrogen (secondary N) is 4. The molecule has 2 aliphatic rings. The molecule has 1 aliphatic carbocycles. The SMILES string of the molecule is C[C@@H]1[C@@H](C)CCC[C@H]1NC(=S)NNC(=S)NC[C@@H]1CCCO1. The van der Waals surface area contributed by atoms with Crippen molar-refractivity contribution < 1.29 is 4.74 Å². The Morgan fingerprint density at radius 1 is 1.05 bits per heavy atom. The first-order chi connectivity index (χ1) is 10.6. The number of ether oxygens (including phenoxy) is 1. The topological polar surface area (TPSA) is 57.3 Å². The summed E-state index contributed by atoms with van der Waals surface area (Å²) in [5, 5.41) is 7.69. The number of rotatable bonds is 3. The number of hydrogen-bond donors (Lipinski definition) is 4. The van der Waals surface area contributed by atoms with Crippen LogP contribution in [0.5, 0.6) is 0 Å². The summed E-state index contributed by atoms with van der Waals surface area (Å²) in [5.41, 5.74) is 5.90. The smallest absolute Gasteiger partial charge is 0.185 e. The summed E-state index contributed by atoms with van der Waals surface area (Å²) < 4.78 is 5.54. The van der Waals surface area contributed by atoms with E-state index in [1.54, 1.807) is 0 Å². The van der Waals surface area contributed by atoms with Crippen LogP contribution in [0.2, 0.25) is 0 Å². The van der Waals surface area contributed by atoms with Gasteiger partial charge in [0.1, 0.15) is 0 Å². The zero-order valence-electron chi connectivity index (χ0n) is 13.5. The van der Waals surface area contributed by atoms with Crippen molar-refractivity contribution in [1.29, 1.82) is 0 Å². The number of hydrogen-bond acceptors (Lipinski definition) is 3. The van der Waals surface area contributed by atoms with Crippen molar-refractivity contribution in [3.63, 3.8) is 0 Å². The standard InChI is InChI=1S/C15H28N4OS2/c1-10-5-3-7-13(11(10)2)17-15(22)19-18-14(21)16-9-12-6-4-8-20-12/h10-13H,3-9H2,1-2H3,(H2,16,18,21)(H2,17,19,22)/t10-,11+,12-,13+/m0/s1. The number of hydrazine groups is 1. The molecule has 5 nitrogen and oxygen atoms in total. The van der Waals surface area contributed by atoms with Gasteiger partial charge in [-0.3, -0.25) is 10.9 Å². The van der Waals surface area contributed by atoms with E-state index >= 15 is 0 Å². The normalized spacial score (nSPS) is 31.4. The van der Waals surface area contributed by atoms with Crippen molar-refractivity contribution in [2.75, 3.05) is 13.2 Å². The third-order valence-corrected chi connectivity index (χ3v) is 5.29. The van der Waals surface area contributed by atoms with Gasteiger partial charge in [0.25, 0.3) is 0 Å². The Labute approximate surface area is 144 Å². The van der Waals surface area contributed by atoms with Crippen LogP contribution < -0.4 is 21.5 Å². The first-order valence-corrected chi connectivity index (χ1v) is 9.10. The van der Waals surface area contributed by atoms with E-state index < -0.39 is 0 Å². The zero-order valence-corrected chi connectivity index (χ0v) is 15.1. The lowest BCUT2D eigenvalue weighted by Crippen LogP contribution is -2.54. The molecule has 1 aliphatic heterocycles.